The van der Waals surface area contributed by atoms with E-state index >= 15 is 0 Å². The average molecular weight is 347 g/mol. The Morgan fingerprint density at radius 3 is 2.57 bits per heavy atom. The number of aromatic nitrogens is 2. The number of halogens is 4. The number of carboxylic acid groups (broad SMARTS) is 1. The summed E-state index contributed by atoms with van der Waals surface area (Å²) in [6, 6.07) is 7.12. The molecule has 0 bridgehead atoms. The Morgan fingerprint density at radius 2 is 1.96 bits per heavy atom. The predicted molar refractivity (Wildman–Crippen MR) is 77.9 cm³/mol. The normalized spacial score (nSPS) is 11.1. The van der Waals surface area contributed by atoms with Gasteiger partial charge in [-0.25, -0.2) is 4.98 Å². The number of para-hydroxylation sites is 1. The van der Waals surface area contributed by atoms with Crippen LogP contribution in [0.1, 0.15) is 5.69 Å². The first kappa shape index (κ1) is 16.8. The first-order valence-electron chi connectivity index (χ1n) is 6.19. The number of nitrogens with one attached hydrogen (secondary N) is 2. The van der Waals surface area contributed by atoms with E-state index in [0.29, 0.717) is 16.8 Å². The molecule has 0 unspecified atom stereocenters. The minimum atomic E-state index is -4.71. The summed E-state index contributed by atoms with van der Waals surface area (Å²) < 4.78 is 38.6. The molecule has 6 nitrogen and oxygen atoms in total. The number of hydrogen-bond donors (Lipinski definition) is 3. The molecule has 0 spiro atoms. The van der Waals surface area contributed by atoms with Crippen molar-refractivity contribution in [3.8, 4) is 0 Å². The monoisotopic (exact) mass is 346 g/mol. The zero-order chi connectivity index (χ0) is 17.0. The second kappa shape index (κ2) is 6.69. The lowest BCUT2D eigenvalue weighted by Crippen LogP contribution is -2.17. The van der Waals surface area contributed by atoms with Gasteiger partial charge in [0.25, 0.3) is 0 Å². The lowest BCUT2D eigenvalue weighted by molar-refractivity contribution is -0.141. The molecule has 0 amide bonds. The van der Waals surface area contributed by atoms with E-state index in [-0.39, 0.29) is 5.82 Å². The summed E-state index contributed by atoms with van der Waals surface area (Å²) in [6.07, 6.45) is -4.71. The van der Waals surface area contributed by atoms with E-state index in [2.05, 4.69) is 20.6 Å². The molecular formula is C13H10ClF3N4O2. The van der Waals surface area contributed by atoms with Gasteiger partial charge in [0.1, 0.15) is 12.4 Å². The first-order valence-corrected chi connectivity index (χ1v) is 6.57. The Morgan fingerprint density at radius 1 is 1.26 bits per heavy atom. The maximum atomic E-state index is 12.9. The topological polar surface area (TPSA) is 87.1 Å². The van der Waals surface area contributed by atoms with Crippen LogP contribution in [0.4, 0.5) is 30.6 Å². The van der Waals surface area contributed by atoms with E-state index in [4.69, 9.17) is 16.7 Å². The van der Waals surface area contributed by atoms with Crippen LogP contribution < -0.4 is 10.6 Å². The highest BCUT2D eigenvalue weighted by molar-refractivity contribution is 6.33. The average Bonchev–Trinajstić information content (AvgIpc) is 2.46. The minimum Gasteiger partial charge on any atom is -0.480 e. The summed E-state index contributed by atoms with van der Waals surface area (Å²) in [5, 5.41) is 13.7. The summed E-state index contributed by atoms with van der Waals surface area (Å²) in [4.78, 5) is 17.6. The van der Waals surface area contributed by atoms with Crippen molar-refractivity contribution < 1.29 is 23.1 Å². The fourth-order valence-corrected chi connectivity index (χ4v) is 1.77. The molecule has 0 atom stereocenters. The van der Waals surface area contributed by atoms with Gasteiger partial charge in [0.15, 0.2) is 5.69 Å². The maximum absolute atomic E-state index is 12.9. The van der Waals surface area contributed by atoms with Gasteiger partial charge in [-0.15, -0.1) is 0 Å². The standard InChI is InChI=1S/C13H10ClF3N4O2/c14-7-3-1-2-4-8(7)19-10-5-9(13(15,16)17)20-12(21-10)18-6-11(22)23/h1-5H,6H2,(H,22,23)(H2,18,19,20,21). The molecule has 122 valence electrons. The van der Waals surface area contributed by atoms with Crippen LogP contribution in [0.5, 0.6) is 0 Å². The van der Waals surface area contributed by atoms with Crippen LogP contribution in [-0.2, 0) is 11.0 Å². The van der Waals surface area contributed by atoms with Crippen LogP contribution in [0.3, 0.4) is 0 Å². The molecule has 1 aromatic heterocycles. The Labute approximate surface area is 133 Å². The number of hydrogen-bond acceptors (Lipinski definition) is 5. The number of aliphatic carboxylic acids is 1. The quantitative estimate of drug-likeness (QED) is 0.769. The third kappa shape index (κ3) is 4.71. The predicted octanol–water partition coefficient (Wildman–Crippen LogP) is 3.39. The van der Waals surface area contributed by atoms with E-state index in [1.165, 1.54) is 0 Å². The molecule has 2 aromatic rings. The van der Waals surface area contributed by atoms with Crippen LogP contribution in [-0.4, -0.2) is 27.6 Å². The SMILES string of the molecule is O=C(O)CNc1nc(Nc2ccccc2Cl)cc(C(F)(F)F)n1. The van der Waals surface area contributed by atoms with Crippen molar-refractivity contribution in [1.82, 2.24) is 9.97 Å². The fourth-order valence-electron chi connectivity index (χ4n) is 1.59. The van der Waals surface area contributed by atoms with E-state index in [1.807, 2.05) is 0 Å². The molecule has 0 saturated heterocycles. The number of carboxylic acids is 1. The molecule has 23 heavy (non-hydrogen) atoms. The lowest BCUT2D eigenvalue weighted by atomic mass is 10.3. The second-order valence-electron chi connectivity index (χ2n) is 4.31. The fraction of sp³-hybridized carbons (Fsp3) is 0.154. The Hall–Kier alpha value is -2.55. The van der Waals surface area contributed by atoms with E-state index in [0.717, 1.165) is 0 Å². The van der Waals surface area contributed by atoms with Gasteiger partial charge in [-0.2, -0.15) is 18.2 Å². The molecule has 1 aromatic carbocycles. The van der Waals surface area contributed by atoms with E-state index < -0.39 is 30.3 Å². The molecule has 0 aliphatic heterocycles. The maximum Gasteiger partial charge on any atom is 0.433 e. The van der Waals surface area contributed by atoms with E-state index in [1.54, 1.807) is 24.3 Å². The third-order valence-corrected chi connectivity index (χ3v) is 2.88. The number of carbonyl (C=O) groups is 1. The zero-order valence-corrected chi connectivity index (χ0v) is 12.1. The molecule has 2 rings (SSSR count). The summed E-state index contributed by atoms with van der Waals surface area (Å²) in [5.41, 5.74) is -0.861. The van der Waals surface area contributed by atoms with Crippen molar-refractivity contribution in [3.63, 3.8) is 0 Å². The van der Waals surface area contributed by atoms with Gasteiger partial charge in [-0.1, -0.05) is 23.7 Å². The van der Waals surface area contributed by atoms with Gasteiger partial charge < -0.3 is 15.7 Å². The van der Waals surface area contributed by atoms with Crippen LogP contribution in [0.25, 0.3) is 0 Å². The lowest BCUT2D eigenvalue weighted by Gasteiger charge is -2.12. The van der Waals surface area contributed by atoms with Crippen LogP contribution in [0.2, 0.25) is 5.02 Å². The molecule has 0 aliphatic carbocycles. The van der Waals surface area contributed by atoms with Crippen molar-refractivity contribution in [3.05, 3.63) is 41.0 Å². The number of alkyl halides is 3. The number of nitrogens with zero attached hydrogens (tertiary/aromatic N) is 2. The molecule has 1 heterocycles. The Kier molecular flexibility index (Phi) is 4.89. The largest absolute Gasteiger partial charge is 0.480 e. The van der Waals surface area contributed by atoms with Crippen LogP contribution >= 0.6 is 11.6 Å². The van der Waals surface area contributed by atoms with Crippen molar-refractivity contribution in [2.45, 2.75) is 6.18 Å². The summed E-state index contributed by atoms with van der Waals surface area (Å²) >= 11 is 5.92. The van der Waals surface area contributed by atoms with Crippen molar-refractivity contribution in [2.75, 3.05) is 17.2 Å². The Bertz CT molecular complexity index is 725. The highest BCUT2D eigenvalue weighted by atomic mass is 35.5. The third-order valence-electron chi connectivity index (χ3n) is 2.55. The van der Waals surface area contributed by atoms with Crippen molar-refractivity contribution in [1.29, 1.82) is 0 Å². The van der Waals surface area contributed by atoms with Gasteiger partial charge in [-0.05, 0) is 12.1 Å². The second-order valence-corrected chi connectivity index (χ2v) is 4.72. The van der Waals surface area contributed by atoms with Gasteiger partial charge in [0.05, 0.1) is 10.7 Å². The first-order chi connectivity index (χ1) is 10.8. The molecular weight excluding hydrogens is 337 g/mol. The summed E-state index contributed by atoms with van der Waals surface area (Å²) in [5.74, 6) is -1.89. The Balaban J connectivity index is 2.35. The molecule has 0 aliphatic rings. The highest BCUT2D eigenvalue weighted by Crippen LogP contribution is 2.31. The van der Waals surface area contributed by atoms with Gasteiger partial charge in [0.2, 0.25) is 5.95 Å². The number of anilines is 3. The van der Waals surface area contributed by atoms with Crippen LogP contribution in [0.15, 0.2) is 30.3 Å². The van der Waals surface area contributed by atoms with Crippen molar-refractivity contribution >= 4 is 35.0 Å². The number of rotatable bonds is 5. The number of benzene rings is 1. The van der Waals surface area contributed by atoms with Gasteiger partial charge in [0, 0.05) is 6.07 Å². The van der Waals surface area contributed by atoms with Gasteiger partial charge >= 0.3 is 12.1 Å². The van der Waals surface area contributed by atoms with Crippen LogP contribution in [0, 0.1) is 0 Å². The summed E-state index contributed by atoms with van der Waals surface area (Å²) in [6.45, 7) is -0.618. The smallest absolute Gasteiger partial charge is 0.433 e. The molecule has 10 heteroatoms. The molecule has 0 saturated carbocycles. The zero-order valence-electron chi connectivity index (χ0n) is 11.4. The highest BCUT2D eigenvalue weighted by Gasteiger charge is 2.33. The summed E-state index contributed by atoms with van der Waals surface area (Å²) in [7, 11) is 0. The minimum absolute atomic E-state index is 0.173. The van der Waals surface area contributed by atoms with Crippen molar-refractivity contribution in [2.24, 2.45) is 0 Å². The van der Waals surface area contributed by atoms with E-state index in [9.17, 15) is 18.0 Å². The van der Waals surface area contributed by atoms with Gasteiger partial charge in [-0.3, -0.25) is 4.79 Å². The molecule has 0 fully saturated rings. The molecule has 3 N–H and O–H groups in total. The molecule has 0 radical (unpaired) electrons.